The second-order valence-electron chi connectivity index (χ2n) is 15.2. The van der Waals surface area contributed by atoms with Crippen molar-refractivity contribution in [2.24, 2.45) is 0 Å². The zero-order chi connectivity index (χ0) is 46.1. The van der Waals surface area contributed by atoms with Crippen molar-refractivity contribution in [3.8, 4) is 0 Å². The summed E-state index contributed by atoms with van der Waals surface area (Å²) in [7, 11) is -5.14. The number of aliphatic hydroxyl groups is 14. The van der Waals surface area contributed by atoms with Gasteiger partial charge in [-0.3, -0.25) is 9.35 Å². The summed E-state index contributed by atoms with van der Waals surface area (Å²) in [6.45, 7) is -1.89. The number of ether oxygens (including phenoxy) is 9. The van der Waals surface area contributed by atoms with Crippen LogP contribution in [0.3, 0.4) is 0 Å². The van der Waals surface area contributed by atoms with Crippen LogP contribution >= 0.6 is 0 Å². The van der Waals surface area contributed by atoms with Crippen LogP contribution in [0.4, 0.5) is 0 Å². The summed E-state index contributed by atoms with van der Waals surface area (Å²) in [5, 5.41) is 150. The Morgan fingerprint density at radius 1 is 0.516 bits per heavy atom. The Hall–Kier alpha value is -1.58. The summed E-state index contributed by atoms with van der Waals surface area (Å²) in [6, 6.07) is -1.83. The Morgan fingerprint density at radius 3 is 1.58 bits per heavy atom. The third kappa shape index (κ3) is 11.3. The van der Waals surface area contributed by atoms with Gasteiger partial charge >= 0.3 is 10.4 Å². The van der Waals surface area contributed by atoms with Gasteiger partial charge in [-0.2, -0.15) is 8.42 Å². The number of rotatable bonds is 15. The third-order valence-electron chi connectivity index (χ3n) is 10.9. The lowest BCUT2D eigenvalue weighted by Gasteiger charge is -2.51. The molecule has 0 aromatic carbocycles. The van der Waals surface area contributed by atoms with Gasteiger partial charge in [-0.25, -0.2) is 4.18 Å². The molecule has 5 aliphatic heterocycles. The predicted molar refractivity (Wildman–Crippen MR) is 187 cm³/mol. The molecule has 16 N–H and O–H groups in total. The van der Waals surface area contributed by atoms with E-state index in [1.807, 2.05) is 0 Å². The molecule has 5 heterocycles. The highest BCUT2D eigenvalue weighted by molar-refractivity contribution is 7.80. The molecule has 25 atom stereocenters. The van der Waals surface area contributed by atoms with Gasteiger partial charge < -0.3 is 119 Å². The summed E-state index contributed by atoms with van der Waals surface area (Å²) in [5.74, 6) is -0.893. The predicted octanol–water partition coefficient (Wildman–Crippen LogP) is -10.9. The Kier molecular flexibility index (Phi) is 17.7. The van der Waals surface area contributed by atoms with Crippen molar-refractivity contribution < 1.29 is 136 Å². The molecule has 5 aliphatic rings. The Balaban J connectivity index is 1.50. The molecule has 5 fully saturated rings. The largest absolute Gasteiger partial charge is 0.397 e. The minimum atomic E-state index is -5.14. The molecular weight excluding hydrogens is 878 g/mol. The maximum Gasteiger partial charge on any atom is 0.397 e. The lowest BCUT2D eigenvalue weighted by Crippen LogP contribution is -2.71. The van der Waals surface area contributed by atoms with Crippen molar-refractivity contribution in [3.05, 3.63) is 0 Å². The highest BCUT2D eigenvalue weighted by atomic mass is 32.3. The molecule has 29 nitrogen and oxygen atoms in total. The van der Waals surface area contributed by atoms with Crippen molar-refractivity contribution in [1.82, 2.24) is 5.32 Å². The molecule has 0 saturated carbocycles. The van der Waals surface area contributed by atoms with Crippen LogP contribution < -0.4 is 5.32 Å². The van der Waals surface area contributed by atoms with Gasteiger partial charge in [-0.1, -0.05) is 0 Å². The Morgan fingerprint density at radius 2 is 1.00 bits per heavy atom. The first-order chi connectivity index (χ1) is 29.0. The van der Waals surface area contributed by atoms with E-state index in [0.717, 1.165) is 6.92 Å². The minimum absolute atomic E-state index is 0.893. The molecular formula is C32H55NO28S. The van der Waals surface area contributed by atoms with Crippen LogP contribution in [0.5, 0.6) is 0 Å². The van der Waals surface area contributed by atoms with Gasteiger partial charge in [-0.15, -0.1) is 0 Å². The molecule has 0 aliphatic carbocycles. The average Bonchev–Trinajstić information content (AvgIpc) is 3.22. The smallest absolute Gasteiger partial charge is 0.394 e. The molecule has 62 heavy (non-hydrogen) atoms. The molecule has 0 unspecified atom stereocenters. The number of amides is 1. The summed E-state index contributed by atoms with van der Waals surface area (Å²) < 4.78 is 87.0. The van der Waals surface area contributed by atoms with Crippen LogP contribution in [0.25, 0.3) is 0 Å². The van der Waals surface area contributed by atoms with Crippen molar-refractivity contribution in [3.63, 3.8) is 0 Å². The maximum absolute atomic E-state index is 12.8. The molecule has 0 radical (unpaired) electrons. The first kappa shape index (κ1) is 51.4. The Labute approximate surface area is 351 Å². The summed E-state index contributed by atoms with van der Waals surface area (Å²) in [6.07, 6.45) is -46.0. The monoisotopic (exact) mass is 933 g/mol. The lowest BCUT2D eigenvalue weighted by atomic mass is 9.93. The van der Waals surface area contributed by atoms with Crippen LogP contribution in [0.1, 0.15) is 13.8 Å². The highest BCUT2D eigenvalue weighted by Crippen LogP contribution is 2.37. The maximum atomic E-state index is 12.8. The van der Waals surface area contributed by atoms with Crippen LogP contribution in [0.2, 0.25) is 0 Å². The third-order valence-corrected chi connectivity index (χ3v) is 11.3. The SMILES string of the molecule is CC(=O)N[C@H]1[C@H](O[C@H]2[C@@H](O)[C@@H](CO)O[C@@H](O[C@H]3[C@H](O)[C@@H](O)[C@H](O)O[C@@H]3CO)[C@@H]2O)O[C@H](CO)[C@@H](O[C@@H]2O[C@H](COS(=O)(=O)O)[C@H](O)[C@H](O)[C@H]2O)[C@@H]1O[C@@H]1O[C@@H](C)[C@@H](O)[C@@H](O)[C@@H]1O. The summed E-state index contributed by atoms with van der Waals surface area (Å²) >= 11 is 0. The minimum Gasteiger partial charge on any atom is -0.394 e. The Bertz CT molecular complexity index is 1550. The summed E-state index contributed by atoms with van der Waals surface area (Å²) in [4.78, 5) is 12.8. The van der Waals surface area contributed by atoms with E-state index in [9.17, 15) is 84.7 Å². The van der Waals surface area contributed by atoms with Gasteiger partial charge in [0.2, 0.25) is 5.91 Å². The molecule has 0 aromatic heterocycles. The first-order valence-electron chi connectivity index (χ1n) is 19.1. The number of carbonyl (C=O) groups excluding carboxylic acids is 1. The normalized spacial score (nSPS) is 49.3. The van der Waals surface area contributed by atoms with Crippen LogP contribution in [0.15, 0.2) is 0 Å². The fraction of sp³-hybridized carbons (Fsp3) is 0.969. The molecule has 5 rings (SSSR count). The molecule has 0 aromatic rings. The fourth-order valence-electron chi connectivity index (χ4n) is 7.51. The fourth-order valence-corrected chi connectivity index (χ4v) is 7.81. The standard InChI is InChI=1S/C32H55NO28S/c1-7-14(38)17(41)21(45)30(53-7)60-26-13(33-8(2)37)29(56-11(5-36)25(26)59-31-22(46)18(42)15(39)12(57-31)6-52-62(49,50)51)61-27-16(40)9(3-34)55-32(23(27)47)58-24-10(4-35)54-28(48)20(44)19(24)43/h7,9-32,34-36,38-48H,3-6H2,1-2H3,(H,33,37)(H,49,50,51)/t7-,9+,10+,11+,12+,13+,14+,15-,16-,17+,18-,19+,20+,21-,22+,23+,24+,25+,26+,27-,28+,29-,30-,31-,32-/m0/s1. The topological polar surface area (TPSA) is 459 Å². The van der Waals surface area contributed by atoms with Crippen LogP contribution in [-0.2, 0) is 62.0 Å². The first-order valence-corrected chi connectivity index (χ1v) is 20.5. The van der Waals surface area contributed by atoms with E-state index >= 15 is 0 Å². The van der Waals surface area contributed by atoms with E-state index < -0.39 is 196 Å². The van der Waals surface area contributed by atoms with Crippen molar-refractivity contribution >= 4 is 16.3 Å². The quantitative estimate of drug-likeness (QED) is 0.0678. The van der Waals surface area contributed by atoms with Crippen LogP contribution in [0, 0.1) is 0 Å². The second kappa shape index (κ2) is 21.4. The van der Waals surface area contributed by atoms with Crippen LogP contribution in [-0.4, -0.2) is 270 Å². The number of hydrogen-bond acceptors (Lipinski definition) is 27. The van der Waals surface area contributed by atoms with Gasteiger partial charge in [0.25, 0.3) is 0 Å². The van der Waals surface area contributed by atoms with Crippen molar-refractivity contribution in [2.45, 2.75) is 167 Å². The molecule has 362 valence electrons. The van der Waals surface area contributed by atoms with Gasteiger partial charge in [0.05, 0.1) is 32.5 Å². The lowest BCUT2D eigenvalue weighted by molar-refractivity contribution is -0.391. The van der Waals surface area contributed by atoms with Gasteiger partial charge in [0.15, 0.2) is 31.5 Å². The number of nitrogens with one attached hydrogen (secondary N) is 1. The molecule has 30 heteroatoms. The number of aliphatic hydroxyl groups excluding tert-OH is 14. The summed E-state index contributed by atoms with van der Waals surface area (Å²) in [5.41, 5.74) is 0. The van der Waals surface area contributed by atoms with Gasteiger partial charge in [-0.05, 0) is 6.92 Å². The molecule has 0 bridgehead atoms. The second-order valence-corrected chi connectivity index (χ2v) is 16.3. The average molecular weight is 934 g/mol. The van der Waals surface area contributed by atoms with Crippen molar-refractivity contribution in [1.29, 1.82) is 0 Å². The zero-order valence-corrected chi connectivity index (χ0v) is 33.5. The molecule has 1 amide bonds. The highest BCUT2D eigenvalue weighted by Gasteiger charge is 2.58. The van der Waals surface area contributed by atoms with Crippen molar-refractivity contribution in [2.75, 3.05) is 26.4 Å². The van der Waals surface area contributed by atoms with E-state index in [-0.39, 0.29) is 0 Å². The van der Waals surface area contributed by atoms with Gasteiger partial charge in [0.1, 0.15) is 116 Å². The van der Waals surface area contributed by atoms with E-state index in [1.54, 1.807) is 0 Å². The number of hydrogen-bond donors (Lipinski definition) is 16. The van der Waals surface area contributed by atoms with Gasteiger partial charge in [0, 0.05) is 6.92 Å². The van der Waals surface area contributed by atoms with E-state index in [1.165, 1.54) is 6.92 Å². The number of carbonyl (C=O) groups is 1. The molecule has 5 saturated heterocycles. The molecule has 0 spiro atoms. The van der Waals surface area contributed by atoms with E-state index in [2.05, 4.69) is 9.50 Å². The van der Waals surface area contributed by atoms with E-state index in [4.69, 9.17) is 47.2 Å². The zero-order valence-electron chi connectivity index (χ0n) is 32.7. The van der Waals surface area contributed by atoms with E-state index in [0.29, 0.717) is 0 Å².